The number of hydrogen-bond acceptors (Lipinski definition) is 5. The Morgan fingerprint density at radius 2 is 1.39 bits per heavy atom. The summed E-state index contributed by atoms with van der Waals surface area (Å²) in [7, 11) is 0. The fourth-order valence-electron chi connectivity index (χ4n) is 4.02. The second kappa shape index (κ2) is 13.5. The molecular formula is C31H29N5O5. The average molecular weight is 552 g/mol. The van der Waals surface area contributed by atoms with E-state index in [2.05, 4.69) is 26.3 Å². The van der Waals surface area contributed by atoms with E-state index in [1.807, 2.05) is 31.2 Å². The topological polar surface area (TPSA) is 150 Å². The molecular weight excluding hydrogens is 522 g/mol. The van der Waals surface area contributed by atoms with E-state index in [9.17, 15) is 19.2 Å². The minimum absolute atomic E-state index is 0.0170. The molecule has 1 aromatic heterocycles. The van der Waals surface area contributed by atoms with Gasteiger partial charge in [0.05, 0.1) is 12.0 Å². The zero-order chi connectivity index (χ0) is 29.2. The van der Waals surface area contributed by atoms with Crippen LogP contribution >= 0.6 is 0 Å². The summed E-state index contributed by atoms with van der Waals surface area (Å²) in [5.41, 5.74) is 4.21. The third-order valence-electron chi connectivity index (χ3n) is 6.21. The fourth-order valence-corrected chi connectivity index (χ4v) is 4.02. The Morgan fingerprint density at radius 3 is 2.05 bits per heavy atom. The molecule has 0 saturated heterocycles. The second-order valence-corrected chi connectivity index (χ2v) is 9.32. The van der Waals surface area contributed by atoms with E-state index < -0.39 is 17.9 Å². The van der Waals surface area contributed by atoms with Gasteiger partial charge in [-0.3, -0.25) is 14.6 Å². The van der Waals surface area contributed by atoms with Gasteiger partial charge in [-0.2, -0.15) is 0 Å². The molecule has 3 aromatic carbocycles. The highest BCUT2D eigenvalue weighted by Crippen LogP contribution is 2.16. The molecule has 1 atom stereocenters. The summed E-state index contributed by atoms with van der Waals surface area (Å²) >= 11 is 0. The minimum atomic E-state index is -1.07. The zero-order valence-corrected chi connectivity index (χ0v) is 22.3. The van der Waals surface area contributed by atoms with Crippen molar-refractivity contribution in [3.05, 3.63) is 120 Å². The smallest absolute Gasteiger partial charge is 0.335 e. The fraction of sp³-hybridized carbons (Fsp3) is 0.129. The SMILES string of the molecule is Cc1ccccc1NC(=O)Nc1ccc(CC(=O)N[C@@H](Cc2ccncc2)C(=O)Nc2ccc(C(=O)O)cc2)cc1. The molecule has 0 aliphatic heterocycles. The van der Waals surface area contributed by atoms with Crippen LogP contribution in [0.4, 0.5) is 21.9 Å². The van der Waals surface area contributed by atoms with E-state index in [-0.39, 0.29) is 30.3 Å². The summed E-state index contributed by atoms with van der Waals surface area (Å²) in [6.45, 7) is 1.90. The number of carboxylic acid groups (broad SMARTS) is 1. The summed E-state index contributed by atoms with van der Waals surface area (Å²) in [4.78, 5) is 53.5. The number of para-hydroxylation sites is 1. The number of pyridine rings is 1. The Bertz CT molecular complexity index is 1520. The van der Waals surface area contributed by atoms with Gasteiger partial charge in [-0.25, -0.2) is 9.59 Å². The lowest BCUT2D eigenvalue weighted by molar-refractivity contribution is -0.126. The molecule has 0 spiro atoms. The van der Waals surface area contributed by atoms with E-state index in [0.717, 1.165) is 11.1 Å². The van der Waals surface area contributed by atoms with E-state index in [4.69, 9.17) is 5.11 Å². The van der Waals surface area contributed by atoms with Crippen LogP contribution in [-0.4, -0.2) is 39.9 Å². The largest absolute Gasteiger partial charge is 0.478 e. The van der Waals surface area contributed by atoms with Crippen LogP contribution in [-0.2, 0) is 22.4 Å². The number of rotatable bonds is 10. The number of carbonyl (C=O) groups is 4. The molecule has 5 N–H and O–H groups in total. The van der Waals surface area contributed by atoms with Crippen LogP contribution in [0.1, 0.15) is 27.0 Å². The van der Waals surface area contributed by atoms with E-state index in [1.165, 1.54) is 24.3 Å². The highest BCUT2D eigenvalue weighted by Gasteiger charge is 2.22. The Balaban J connectivity index is 1.37. The summed E-state index contributed by atoms with van der Waals surface area (Å²) in [6.07, 6.45) is 3.45. The van der Waals surface area contributed by atoms with Crippen molar-refractivity contribution in [2.75, 3.05) is 16.0 Å². The lowest BCUT2D eigenvalue weighted by Crippen LogP contribution is -2.45. The predicted octanol–water partition coefficient (Wildman–Crippen LogP) is 4.64. The number of aromatic carboxylic acids is 1. The molecule has 0 bridgehead atoms. The van der Waals surface area contributed by atoms with Crippen molar-refractivity contribution >= 4 is 40.9 Å². The summed E-state index contributed by atoms with van der Waals surface area (Å²) < 4.78 is 0. The Kier molecular flexibility index (Phi) is 9.40. The molecule has 1 heterocycles. The lowest BCUT2D eigenvalue weighted by Gasteiger charge is -2.19. The van der Waals surface area contributed by atoms with Crippen molar-refractivity contribution in [3.63, 3.8) is 0 Å². The molecule has 10 heteroatoms. The van der Waals surface area contributed by atoms with Gasteiger partial charge in [0.1, 0.15) is 6.04 Å². The molecule has 41 heavy (non-hydrogen) atoms. The molecule has 208 valence electrons. The molecule has 0 fully saturated rings. The Labute approximate surface area is 236 Å². The van der Waals surface area contributed by atoms with Gasteiger partial charge in [0.15, 0.2) is 0 Å². The molecule has 4 amide bonds. The Hall–Kier alpha value is -5.51. The Morgan fingerprint density at radius 1 is 0.756 bits per heavy atom. The van der Waals surface area contributed by atoms with Crippen molar-refractivity contribution in [2.45, 2.75) is 25.8 Å². The van der Waals surface area contributed by atoms with Crippen molar-refractivity contribution in [2.24, 2.45) is 0 Å². The third-order valence-corrected chi connectivity index (χ3v) is 6.21. The molecule has 0 unspecified atom stereocenters. The normalized spacial score (nSPS) is 11.1. The van der Waals surface area contributed by atoms with Crippen LogP contribution in [0.2, 0.25) is 0 Å². The predicted molar refractivity (Wildman–Crippen MR) is 156 cm³/mol. The van der Waals surface area contributed by atoms with Crippen LogP contribution in [0.15, 0.2) is 97.3 Å². The van der Waals surface area contributed by atoms with Crippen molar-refractivity contribution in [1.29, 1.82) is 0 Å². The molecule has 0 aliphatic carbocycles. The van der Waals surface area contributed by atoms with Gasteiger partial charge < -0.3 is 26.4 Å². The number of nitrogens with zero attached hydrogens (tertiary/aromatic N) is 1. The van der Waals surface area contributed by atoms with Crippen LogP contribution in [0, 0.1) is 6.92 Å². The average Bonchev–Trinajstić information content (AvgIpc) is 2.96. The highest BCUT2D eigenvalue weighted by molar-refractivity contribution is 6.00. The number of carbonyl (C=O) groups excluding carboxylic acids is 3. The minimum Gasteiger partial charge on any atom is -0.478 e. The number of carboxylic acids is 1. The van der Waals surface area contributed by atoms with Gasteiger partial charge in [-0.05, 0) is 78.2 Å². The van der Waals surface area contributed by atoms with Gasteiger partial charge in [0.25, 0.3) is 0 Å². The molecule has 0 radical (unpaired) electrons. The van der Waals surface area contributed by atoms with Crippen LogP contribution < -0.4 is 21.3 Å². The molecule has 4 rings (SSSR count). The molecule has 10 nitrogen and oxygen atoms in total. The van der Waals surface area contributed by atoms with Crippen LogP contribution in [0.3, 0.4) is 0 Å². The number of nitrogens with one attached hydrogen (secondary N) is 4. The summed E-state index contributed by atoms with van der Waals surface area (Å²) in [5, 5.41) is 20.2. The number of benzene rings is 3. The van der Waals surface area contributed by atoms with Gasteiger partial charge in [-0.15, -0.1) is 0 Å². The van der Waals surface area contributed by atoms with Crippen LogP contribution in [0.5, 0.6) is 0 Å². The maximum Gasteiger partial charge on any atom is 0.335 e. The quantitative estimate of drug-likeness (QED) is 0.194. The van der Waals surface area contributed by atoms with Crippen molar-refractivity contribution in [3.8, 4) is 0 Å². The van der Waals surface area contributed by atoms with Gasteiger partial charge >= 0.3 is 12.0 Å². The van der Waals surface area contributed by atoms with E-state index in [1.54, 1.807) is 48.8 Å². The number of aromatic nitrogens is 1. The molecule has 0 saturated carbocycles. The number of hydrogen-bond donors (Lipinski definition) is 5. The maximum absolute atomic E-state index is 13.1. The first-order valence-corrected chi connectivity index (χ1v) is 12.8. The monoisotopic (exact) mass is 551 g/mol. The third kappa shape index (κ3) is 8.49. The van der Waals surface area contributed by atoms with Gasteiger partial charge in [0, 0.05) is 35.9 Å². The van der Waals surface area contributed by atoms with Crippen molar-refractivity contribution < 1.29 is 24.3 Å². The van der Waals surface area contributed by atoms with Crippen molar-refractivity contribution in [1.82, 2.24) is 10.3 Å². The first kappa shape index (κ1) is 28.5. The first-order chi connectivity index (χ1) is 19.8. The molecule has 4 aromatic rings. The van der Waals surface area contributed by atoms with Gasteiger partial charge in [-0.1, -0.05) is 30.3 Å². The first-order valence-electron chi connectivity index (χ1n) is 12.8. The highest BCUT2D eigenvalue weighted by atomic mass is 16.4. The second-order valence-electron chi connectivity index (χ2n) is 9.32. The van der Waals surface area contributed by atoms with E-state index in [0.29, 0.717) is 22.6 Å². The summed E-state index contributed by atoms with van der Waals surface area (Å²) in [6, 6.07) is 22.3. The summed E-state index contributed by atoms with van der Waals surface area (Å²) in [5.74, 6) is -1.88. The zero-order valence-electron chi connectivity index (χ0n) is 22.3. The van der Waals surface area contributed by atoms with Gasteiger partial charge in [0.2, 0.25) is 11.8 Å². The molecule has 0 aliphatic rings. The number of anilines is 3. The number of urea groups is 1. The maximum atomic E-state index is 13.1. The van der Waals surface area contributed by atoms with E-state index >= 15 is 0 Å². The number of amides is 4. The van der Waals surface area contributed by atoms with Crippen LogP contribution in [0.25, 0.3) is 0 Å². The number of aryl methyl sites for hydroxylation is 1. The standard InChI is InChI=1S/C31H29N5O5/c1-20-4-2-3-5-26(20)36-31(41)34-25-10-6-21(7-11-25)19-28(37)35-27(18-22-14-16-32-17-15-22)29(38)33-24-12-8-23(9-13-24)30(39)40/h2-17,27H,18-19H2,1H3,(H,33,38)(H,35,37)(H,39,40)(H2,34,36,41)/t27-/m0/s1. The lowest BCUT2D eigenvalue weighted by atomic mass is 10.1.